The van der Waals surface area contributed by atoms with Crippen LogP contribution in [0.1, 0.15) is 171 Å². The van der Waals surface area contributed by atoms with E-state index < -0.39 is 73.3 Å². The van der Waals surface area contributed by atoms with E-state index in [0.717, 1.165) is 88.1 Å². The highest BCUT2D eigenvalue weighted by Gasteiger charge is 2.37. The second-order valence-electron chi connectivity index (χ2n) is 29.1. The van der Waals surface area contributed by atoms with E-state index >= 15 is 0 Å². The molecule has 2 saturated heterocycles. The summed E-state index contributed by atoms with van der Waals surface area (Å²) in [5.41, 5.74) is 1.01. The first-order valence-corrected chi connectivity index (χ1v) is 35.6. The van der Waals surface area contributed by atoms with Crippen LogP contribution >= 0.6 is 0 Å². The Morgan fingerprint density at radius 3 is 1.59 bits per heavy atom. The topological polar surface area (TPSA) is 212 Å². The maximum atomic E-state index is 13.5. The van der Waals surface area contributed by atoms with Crippen molar-refractivity contribution < 1.29 is 71.5 Å². The average molecular weight is 1490 g/mol. The van der Waals surface area contributed by atoms with Crippen LogP contribution in [0.5, 0.6) is 0 Å². The fourth-order valence-corrected chi connectivity index (χ4v) is 11.0. The monoisotopic (exact) mass is 1480 g/mol. The molecule has 3 aromatic heterocycles. The number of hydrogen-bond acceptors (Lipinski definition) is 13. The Morgan fingerprint density at radius 2 is 1.13 bits per heavy atom. The van der Waals surface area contributed by atoms with E-state index in [1.165, 1.54) is 51.8 Å². The number of piperazine rings is 1. The fraction of sp³-hybridized carbons (Fsp3) is 0.493. The van der Waals surface area contributed by atoms with Crippen molar-refractivity contribution in [3.05, 3.63) is 190 Å². The minimum absolute atomic E-state index is 0.00569. The number of nitrogens with one attached hydrogen (secondary N) is 4. The number of carbonyl (C=O) groups is 4. The highest BCUT2D eigenvalue weighted by Crippen LogP contribution is 2.36. The zero-order valence-corrected chi connectivity index (χ0v) is 63.2. The number of halogens is 9. The number of sulfonamides is 1. The van der Waals surface area contributed by atoms with Gasteiger partial charge in [0.1, 0.15) is 11.5 Å². The van der Waals surface area contributed by atoms with E-state index in [1.807, 2.05) is 45.0 Å². The predicted molar refractivity (Wildman–Crippen MR) is 385 cm³/mol. The number of aromatic nitrogens is 4. The van der Waals surface area contributed by atoms with Crippen molar-refractivity contribution >= 4 is 33.5 Å². The molecule has 9 rings (SSSR count). The first-order valence-electron chi connectivity index (χ1n) is 34.1. The van der Waals surface area contributed by atoms with Crippen LogP contribution in [0, 0.1) is 19.3 Å². The molecular weight excluding hydrogens is 1380 g/mol. The minimum Gasteiger partial charge on any atom is -0.468 e. The second kappa shape index (κ2) is 37.2. The van der Waals surface area contributed by atoms with Crippen molar-refractivity contribution in [1.82, 2.24) is 59.4 Å². The summed E-state index contributed by atoms with van der Waals surface area (Å²) < 4.78 is 152. The van der Waals surface area contributed by atoms with Gasteiger partial charge in [-0.1, -0.05) is 39.0 Å². The Balaban J connectivity index is 0.000000237. The number of rotatable bonds is 18. The van der Waals surface area contributed by atoms with Gasteiger partial charge in [0.2, 0.25) is 10.0 Å². The van der Waals surface area contributed by atoms with Crippen molar-refractivity contribution in [2.24, 2.45) is 5.41 Å². The molecule has 2 aliphatic rings. The van der Waals surface area contributed by atoms with Gasteiger partial charge in [0.05, 0.1) is 58.8 Å². The summed E-state index contributed by atoms with van der Waals surface area (Å²) in [7, 11) is 2.95. The number of likely N-dealkylation sites (N-methyl/N-ethyl adjacent to an activating group) is 2. The number of nitrogens with zero attached hydrogens (tertiary/aromatic N) is 8. The van der Waals surface area contributed by atoms with Gasteiger partial charge in [0.25, 0.3) is 17.7 Å². The molecule has 3 amide bonds. The average Bonchev–Trinajstić information content (AvgIpc) is 1.11. The normalized spacial score (nSPS) is 14.9. The molecule has 19 nitrogen and oxygen atoms in total. The molecule has 29 heteroatoms. The molecule has 0 spiro atoms. The molecule has 2 aliphatic heterocycles. The Bertz CT molecular complexity index is 4030. The van der Waals surface area contributed by atoms with Crippen molar-refractivity contribution in [3.63, 3.8) is 0 Å². The Morgan fingerprint density at radius 1 is 0.606 bits per heavy atom. The van der Waals surface area contributed by atoms with Crippen molar-refractivity contribution in [2.75, 3.05) is 60.4 Å². The van der Waals surface area contributed by atoms with Gasteiger partial charge in [0.15, 0.2) is 0 Å². The lowest BCUT2D eigenvalue weighted by molar-refractivity contribution is -0.139. The van der Waals surface area contributed by atoms with Gasteiger partial charge in [-0.25, -0.2) is 23.1 Å². The van der Waals surface area contributed by atoms with E-state index in [-0.39, 0.29) is 65.7 Å². The molecule has 1 atom stereocenters. The number of amides is 3. The zero-order valence-electron chi connectivity index (χ0n) is 62.4. The molecule has 4 N–H and O–H groups in total. The fourth-order valence-electron chi connectivity index (χ4n) is 10.3. The number of furan rings is 1. The molecule has 5 heterocycles. The number of hydrogen-bond donors (Lipinski definition) is 4. The van der Waals surface area contributed by atoms with Gasteiger partial charge in [-0.15, -0.1) is 0 Å². The third-order valence-electron chi connectivity index (χ3n) is 16.3. The molecule has 104 heavy (non-hydrogen) atoms. The van der Waals surface area contributed by atoms with Crippen molar-refractivity contribution in [2.45, 2.75) is 177 Å². The quantitative estimate of drug-likeness (QED) is 0.0590. The van der Waals surface area contributed by atoms with Gasteiger partial charge in [0, 0.05) is 128 Å². The Labute approximate surface area is 605 Å². The first kappa shape index (κ1) is 86.4. The molecule has 0 radical (unpaired) electrons. The number of Topliss-reactive ketones (excluding diaryl/α,β-unsaturated/α-hetero) is 1. The van der Waals surface area contributed by atoms with Crippen LogP contribution in [-0.4, -0.2) is 160 Å². The van der Waals surface area contributed by atoms with E-state index in [0.29, 0.717) is 34.4 Å². The van der Waals surface area contributed by atoms with Crippen LogP contribution in [0.3, 0.4) is 0 Å². The van der Waals surface area contributed by atoms with E-state index in [4.69, 9.17) is 4.42 Å². The lowest BCUT2D eigenvalue weighted by Gasteiger charge is -2.32. The smallest absolute Gasteiger partial charge is 0.416 e. The van der Waals surface area contributed by atoms with Gasteiger partial charge in [-0.3, -0.25) is 29.0 Å². The molecule has 0 bridgehead atoms. The van der Waals surface area contributed by atoms with Gasteiger partial charge in [-0.2, -0.15) is 39.5 Å². The van der Waals surface area contributed by atoms with Crippen LogP contribution < -0.4 is 20.7 Å². The molecule has 2 fully saturated rings. The van der Waals surface area contributed by atoms with Gasteiger partial charge in [-0.05, 0) is 193 Å². The Kier molecular flexibility index (Phi) is 30.9. The first-order chi connectivity index (χ1) is 48.1. The molecule has 0 saturated carbocycles. The largest absolute Gasteiger partial charge is 0.468 e. The number of likely N-dealkylation sites (tertiary alicyclic amines) is 1. The number of aryl methyl sites for hydroxylation is 2. The molecule has 7 aromatic rings. The number of alkyl halides is 9. The number of carbonyl (C=O) groups excluding carboxylic acids is 4. The van der Waals surface area contributed by atoms with Crippen LogP contribution in [0.2, 0.25) is 0 Å². The van der Waals surface area contributed by atoms with Gasteiger partial charge >= 0.3 is 18.5 Å². The number of benzene rings is 4. The molecule has 0 aliphatic carbocycles. The lowest BCUT2D eigenvalue weighted by atomic mass is 9.87. The molecular formula is C75H101F9N12O7S. The van der Waals surface area contributed by atoms with Crippen LogP contribution in [0.25, 0.3) is 11.4 Å². The summed E-state index contributed by atoms with van der Waals surface area (Å²) in [5.74, 6) is -0.525. The second-order valence-corrected chi connectivity index (χ2v) is 31.4. The van der Waals surface area contributed by atoms with E-state index in [2.05, 4.69) is 64.5 Å². The molecule has 572 valence electrons. The lowest BCUT2D eigenvalue weighted by Crippen LogP contribution is -2.43. The molecule has 1 unspecified atom stereocenters. The predicted octanol–water partition coefficient (Wildman–Crippen LogP) is 13.7. The van der Waals surface area contributed by atoms with Crippen LogP contribution in [0.15, 0.2) is 127 Å². The summed E-state index contributed by atoms with van der Waals surface area (Å²) in [5, 5.41) is 7.79. The summed E-state index contributed by atoms with van der Waals surface area (Å²) in [6.45, 7) is 32.2. The summed E-state index contributed by atoms with van der Waals surface area (Å²) in [6, 6.07) is 22.7. The summed E-state index contributed by atoms with van der Waals surface area (Å²) >= 11 is 0. The number of imidazole rings is 2. The summed E-state index contributed by atoms with van der Waals surface area (Å²) in [6.07, 6.45) is -4.95. The van der Waals surface area contributed by atoms with E-state index in [1.54, 1.807) is 114 Å². The van der Waals surface area contributed by atoms with Crippen LogP contribution in [-0.2, 0) is 59.4 Å². The Hall–Kier alpha value is -8.22. The minimum atomic E-state index is -4.54. The SMILES string of the molecule is CC(C)NC(=O)c1ccc(CN2CCC(N(C)C)C2)c(C(F)(F)F)c1.CC(C)NC(=O)c1ccc(CN2CCN(C)CC2)cc1.CC(C)S(=O)(=O)NCc1ccco1.Cc1cn(-c2cc(C(=O)NC(C)(C)C)cc(C(F)(F)F)c2)cn1.Cc1cn(-c2cc(CC(=O)C(C)(C)C)cc(C(F)(F)F)c2)cn1. The highest BCUT2D eigenvalue weighted by molar-refractivity contribution is 7.90. The third kappa shape index (κ3) is 28.7. The van der Waals surface area contributed by atoms with Crippen molar-refractivity contribution in [1.29, 1.82) is 0 Å². The maximum Gasteiger partial charge on any atom is 0.416 e. The van der Waals surface area contributed by atoms with Crippen LogP contribution in [0.4, 0.5) is 39.5 Å². The molecule has 4 aromatic carbocycles. The van der Waals surface area contributed by atoms with Gasteiger partial charge < -0.3 is 39.3 Å². The highest BCUT2D eigenvalue weighted by atomic mass is 32.2. The standard InChI is InChI=1S/C18H26F3N3O.C17H19F3N2O.C16H18F3N3O.C16H25N3O.C8H13NO3S/c1-12(2)22-17(25)13-5-6-14(16(9-13)18(19,20)21)10-24-8-7-15(11-24)23(3)4;1-11-9-22(10-21-11)14-6-12(7-15(23)16(2,3)4)5-13(8-14)17(18,19)20;1-10-8-22(9-20-10)13-6-11(14(23)21-15(2,3)4)5-12(7-13)16(17,18)19;1-13(2)17-16(20)15-6-4-14(5-7-15)12-19-10-8-18(3)9-11-19;1-7(2)13(10,11)9-6-8-4-3-5-12-8/h5-6,9,12,15H,7-8,10-11H2,1-4H3,(H,22,25);5-6,8-10H,7H2,1-4H3;5-9H,1-4H3,(H,21,23);4-7,13H,8-12H2,1-3H3,(H,17,20);3-5,7,9H,6H2,1-2H3. The third-order valence-corrected chi connectivity index (χ3v) is 18.1. The maximum absolute atomic E-state index is 13.5. The van der Waals surface area contributed by atoms with E-state index in [9.17, 15) is 67.1 Å². The number of ketones is 1. The van der Waals surface area contributed by atoms with Crippen molar-refractivity contribution in [3.8, 4) is 11.4 Å². The summed E-state index contributed by atoms with van der Waals surface area (Å²) in [4.78, 5) is 65.2. The zero-order chi connectivity index (χ0) is 78.0.